The highest BCUT2D eigenvalue weighted by atomic mass is 14.0. The molecule has 0 unspecified atom stereocenters. The molecule has 2 aromatic rings. The summed E-state index contributed by atoms with van der Waals surface area (Å²) >= 11 is 0. The van der Waals surface area contributed by atoms with Crippen LogP contribution < -0.4 is 0 Å². The zero-order chi connectivity index (χ0) is 9.10. The minimum absolute atomic E-state index is 0.971. The maximum Gasteiger partial charge on any atom is -0.0181 e. The monoisotopic (exact) mass is 169 g/mol. The highest BCUT2D eigenvalue weighted by molar-refractivity contribution is 5.82. The van der Waals surface area contributed by atoms with Crippen LogP contribution in [0.5, 0.6) is 0 Å². The van der Waals surface area contributed by atoms with E-state index in [0.717, 1.165) is 12.8 Å². The Morgan fingerprint density at radius 2 is 1.69 bits per heavy atom. The van der Waals surface area contributed by atoms with Crippen molar-refractivity contribution in [1.29, 1.82) is 0 Å². The maximum absolute atomic E-state index is 3.86. The summed E-state index contributed by atoms with van der Waals surface area (Å²) in [5.74, 6) is 0. The molecule has 0 bridgehead atoms. The van der Waals surface area contributed by atoms with Gasteiger partial charge in [0.15, 0.2) is 0 Å². The van der Waals surface area contributed by atoms with E-state index in [-0.39, 0.29) is 0 Å². The summed E-state index contributed by atoms with van der Waals surface area (Å²) in [4.78, 5) is 0. The predicted octanol–water partition coefficient (Wildman–Crippen LogP) is 3.61. The predicted molar refractivity (Wildman–Crippen MR) is 57.6 cm³/mol. The maximum atomic E-state index is 3.86. The summed E-state index contributed by atoms with van der Waals surface area (Å²) in [6, 6.07) is 15.1. The summed E-state index contributed by atoms with van der Waals surface area (Å²) < 4.78 is 0. The number of aryl methyl sites for hydroxylation is 1. The third kappa shape index (κ3) is 1.72. The van der Waals surface area contributed by atoms with Gasteiger partial charge in [-0.1, -0.05) is 49.4 Å². The van der Waals surface area contributed by atoms with Crippen molar-refractivity contribution in [2.75, 3.05) is 0 Å². The summed E-state index contributed by atoms with van der Waals surface area (Å²) in [6.45, 7) is 3.86. The second kappa shape index (κ2) is 3.61. The van der Waals surface area contributed by atoms with Crippen LogP contribution in [0.3, 0.4) is 0 Å². The van der Waals surface area contributed by atoms with Crippen molar-refractivity contribution in [3.63, 3.8) is 0 Å². The molecule has 0 aliphatic carbocycles. The van der Waals surface area contributed by atoms with E-state index in [0.29, 0.717) is 0 Å². The van der Waals surface area contributed by atoms with Crippen LogP contribution in [0.2, 0.25) is 0 Å². The molecule has 0 atom stereocenters. The molecule has 0 saturated carbocycles. The first-order valence-electron chi connectivity index (χ1n) is 4.67. The molecule has 1 radical (unpaired) electrons. The van der Waals surface area contributed by atoms with Crippen molar-refractivity contribution < 1.29 is 0 Å². The Morgan fingerprint density at radius 3 is 2.46 bits per heavy atom. The second-order valence-electron chi connectivity index (χ2n) is 3.29. The topological polar surface area (TPSA) is 0 Å². The third-order valence-electron chi connectivity index (χ3n) is 2.28. The quantitative estimate of drug-likeness (QED) is 0.644. The van der Waals surface area contributed by atoms with Gasteiger partial charge in [-0.05, 0) is 29.2 Å². The van der Waals surface area contributed by atoms with Gasteiger partial charge < -0.3 is 0 Å². The Hall–Kier alpha value is -1.30. The van der Waals surface area contributed by atoms with Gasteiger partial charge in [-0.3, -0.25) is 0 Å². The van der Waals surface area contributed by atoms with Gasteiger partial charge in [0, 0.05) is 0 Å². The van der Waals surface area contributed by atoms with E-state index in [1.807, 2.05) is 0 Å². The zero-order valence-electron chi connectivity index (χ0n) is 7.66. The molecule has 2 aromatic carbocycles. The van der Waals surface area contributed by atoms with Crippen LogP contribution in [0.4, 0.5) is 0 Å². The van der Waals surface area contributed by atoms with Gasteiger partial charge in [-0.2, -0.15) is 0 Å². The molecule has 0 spiro atoms. The van der Waals surface area contributed by atoms with Crippen LogP contribution >= 0.6 is 0 Å². The average Bonchev–Trinajstić information content (AvgIpc) is 2.18. The Kier molecular flexibility index (Phi) is 2.31. The molecule has 0 amide bonds. The van der Waals surface area contributed by atoms with E-state index in [9.17, 15) is 0 Å². The molecule has 0 aliphatic heterocycles. The van der Waals surface area contributed by atoms with E-state index in [4.69, 9.17) is 0 Å². The molecule has 65 valence electrons. The first-order chi connectivity index (χ1) is 6.40. The van der Waals surface area contributed by atoms with Crippen LogP contribution in [0, 0.1) is 6.92 Å². The number of fused-ring (bicyclic) bond motifs is 1. The molecule has 0 aliphatic rings. The molecule has 0 aromatic heterocycles. The lowest BCUT2D eigenvalue weighted by atomic mass is 10.0. The van der Waals surface area contributed by atoms with Gasteiger partial charge in [0.2, 0.25) is 0 Å². The van der Waals surface area contributed by atoms with Crippen molar-refractivity contribution in [2.24, 2.45) is 0 Å². The fraction of sp³-hybridized carbons (Fsp3) is 0.154. The smallest absolute Gasteiger partial charge is 0.0181 e. The highest BCUT2D eigenvalue weighted by Crippen LogP contribution is 2.16. The minimum atomic E-state index is 0.971. The molecule has 13 heavy (non-hydrogen) atoms. The SMILES string of the molecule is [CH2]CCc1ccc2ccccc2c1. The van der Waals surface area contributed by atoms with E-state index in [2.05, 4.69) is 49.4 Å². The van der Waals surface area contributed by atoms with Crippen molar-refractivity contribution >= 4 is 10.8 Å². The Morgan fingerprint density at radius 1 is 0.923 bits per heavy atom. The van der Waals surface area contributed by atoms with E-state index in [1.165, 1.54) is 16.3 Å². The van der Waals surface area contributed by atoms with Crippen LogP contribution in [-0.4, -0.2) is 0 Å². The average molecular weight is 169 g/mol. The van der Waals surface area contributed by atoms with E-state index < -0.39 is 0 Å². The van der Waals surface area contributed by atoms with Crippen molar-refractivity contribution in [3.8, 4) is 0 Å². The summed E-state index contributed by atoms with van der Waals surface area (Å²) in [7, 11) is 0. The van der Waals surface area contributed by atoms with Gasteiger partial charge in [-0.15, -0.1) is 0 Å². The van der Waals surface area contributed by atoms with Crippen molar-refractivity contribution in [3.05, 3.63) is 55.0 Å². The molecule has 0 nitrogen and oxygen atoms in total. The van der Waals surface area contributed by atoms with Gasteiger partial charge in [-0.25, -0.2) is 0 Å². The first-order valence-corrected chi connectivity index (χ1v) is 4.67. The molecule has 0 fully saturated rings. The number of hydrogen-bond donors (Lipinski definition) is 0. The van der Waals surface area contributed by atoms with Crippen LogP contribution in [0.1, 0.15) is 12.0 Å². The van der Waals surface area contributed by atoms with Gasteiger partial charge in [0.25, 0.3) is 0 Å². The van der Waals surface area contributed by atoms with Crippen LogP contribution in [-0.2, 0) is 6.42 Å². The summed E-state index contributed by atoms with van der Waals surface area (Å²) in [5, 5.41) is 2.64. The Labute approximate surface area is 79.2 Å². The summed E-state index contributed by atoms with van der Waals surface area (Å²) in [5.41, 5.74) is 1.38. The lowest BCUT2D eigenvalue weighted by Gasteiger charge is -2.01. The molecule has 0 heterocycles. The first kappa shape index (κ1) is 8.31. The van der Waals surface area contributed by atoms with Crippen molar-refractivity contribution in [2.45, 2.75) is 12.8 Å². The molecule has 0 heteroatoms. The fourth-order valence-electron chi connectivity index (χ4n) is 1.60. The molecule has 0 saturated heterocycles. The fourth-order valence-corrected chi connectivity index (χ4v) is 1.60. The Bertz CT molecular complexity index is 401. The Balaban J connectivity index is 2.49. The largest absolute Gasteiger partial charge is 0.0616 e. The third-order valence-corrected chi connectivity index (χ3v) is 2.28. The van der Waals surface area contributed by atoms with E-state index in [1.54, 1.807) is 0 Å². The molecule has 0 N–H and O–H groups in total. The van der Waals surface area contributed by atoms with Gasteiger partial charge in [0.1, 0.15) is 0 Å². The highest BCUT2D eigenvalue weighted by Gasteiger charge is 1.93. The van der Waals surface area contributed by atoms with Crippen LogP contribution in [0.25, 0.3) is 10.8 Å². The lowest BCUT2D eigenvalue weighted by molar-refractivity contribution is 1.00. The van der Waals surface area contributed by atoms with Crippen LogP contribution in [0.15, 0.2) is 42.5 Å². The molecule has 2 rings (SSSR count). The normalized spacial score (nSPS) is 10.5. The zero-order valence-corrected chi connectivity index (χ0v) is 7.66. The van der Waals surface area contributed by atoms with Gasteiger partial charge >= 0.3 is 0 Å². The molecular formula is C13H13. The summed E-state index contributed by atoms with van der Waals surface area (Å²) in [6.07, 6.45) is 2.04. The van der Waals surface area contributed by atoms with E-state index >= 15 is 0 Å². The number of rotatable bonds is 2. The lowest BCUT2D eigenvalue weighted by Crippen LogP contribution is -1.82. The minimum Gasteiger partial charge on any atom is -0.0616 e. The number of hydrogen-bond acceptors (Lipinski definition) is 0. The number of benzene rings is 2. The standard InChI is InChI=1S/C13H13/c1-2-5-11-8-9-12-6-3-4-7-13(12)10-11/h3-4,6-10H,1-2,5H2. The second-order valence-corrected chi connectivity index (χ2v) is 3.29. The molecular weight excluding hydrogens is 156 g/mol. The van der Waals surface area contributed by atoms with Crippen molar-refractivity contribution in [1.82, 2.24) is 0 Å². The van der Waals surface area contributed by atoms with Gasteiger partial charge in [0.05, 0.1) is 0 Å².